The number of amides is 7. The molecule has 16 N–H and O–H groups in total. The Morgan fingerprint density at radius 1 is 0.453 bits per heavy atom. The molecule has 0 bridgehead atoms. The van der Waals surface area contributed by atoms with Gasteiger partial charge in [-0.05, 0) is 165 Å². The van der Waals surface area contributed by atoms with E-state index >= 15 is 0 Å². The zero-order chi connectivity index (χ0) is 99.7. The highest BCUT2D eigenvalue weighted by Gasteiger charge is 2.34. The summed E-state index contributed by atoms with van der Waals surface area (Å²) in [5.41, 5.74) is 13.5. The van der Waals surface area contributed by atoms with Crippen LogP contribution in [0.25, 0.3) is 87.3 Å². The molecule has 16 rings (SSSR count). The summed E-state index contributed by atoms with van der Waals surface area (Å²) in [5, 5.41) is 53.4. The van der Waals surface area contributed by atoms with Gasteiger partial charge in [-0.25, -0.2) is 63.3 Å². The summed E-state index contributed by atoms with van der Waals surface area (Å²) >= 11 is 19.3. The number of H-pyrrole nitrogens is 6. The maximum atomic E-state index is 13.5. The number of ether oxygens (including phenoxy) is 4. The summed E-state index contributed by atoms with van der Waals surface area (Å²) < 4.78 is 45.8. The smallest absolute Gasteiger partial charge is 0.426 e. The zero-order valence-electron chi connectivity index (χ0n) is 74.9. The molecule has 7 amide bonds. The summed E-state index contributed by atoms with van der Waals surface area (Å²) in [5.74, 6) is -0.948. The number of benzene rings is 1. The van der Waals surface area contributed by atoms with Crippen molar-refractivity contribution >= 4 is 183 Å². The van der Waals surface area contributed by atoms with E-state index in [9.17, 15) is 61.8 Å². The molecule has 137 heavy (non-hydrogen) atoms. The largest absolute Gasteiger partial charge is 0.593 e. The van der Waals surface area contributed by atoms with Gasteiger partial charge in [0.15, 0.2) is 17.7 Å². The molecule has 16 aromatic rings. The molecule has 0 saturated heterocycles. The summed E-state index contributed by atoms with van der Waals surface area (Å²) in [4.78, 5) is 160. The first-order valence-electron chi connectivity index (χ1n) is 40.7. The lowest BCUT2D eigenvalue weighted by Gasteiger charge is -2.28. The third kappa shape index (κ3) is 30.5. The first-order chi connectivity index (χ1) is 64.8. The Labute approximate surface area is 798 Å². The zero-order valence-corrected chi connectivity index (χ0v) is 78.8. The highest BCUT2D eigenvalue weighted by atomic mass is 35.6. The molecule has 0 aliphatic carbocycles. The number of ketones is 1. The number of carbonyl (C=O) groups is 9. The van der Waals surface area contributed by atoms with Gasteiger partial charge in [0.05, 0.1) is 36.3 Å². The number of Topliss-reactive ketones (excluding diaryl/α,β-unsaturated/α-hetero) is 1. The number of aromatic amines is 6. The minimum atomic E-state index is -1.94. The number of nitrogens with zero attached hydrogens (tertiary/aromatic N) is 12. The van der Waals surface area contributed by atoms with Crippen LogP contribution in [-0.2, 0) is 43.4 Å². The average Bonchev–Trinajstić information content (AvgIpc) is 1.59. The van der Waals surface area contributed by atoms with Gasteiger partial charge in [0, 0.05) is 135 Å². The van der Waals surface area contributed by atoms with Crippen molar-refractivity contribution in [3.05, 3.63) is 249 Å². The number of carboxylic acids is 1. The van der Waals surface area contributed by atoms with Crippen LogP contribution in [0.4, 0.5) is 23.2 Å². The summed E-state index contributed by atoms with van der Waals surface area (Å²) in [6.07, 6.45) is 18.4. The Hall–Kier alpha value is -15.9. The minimum Gasteiger partial charge on any atom is -0.593 e. The maximum Gasteiger partial charge on any atom is 0.426 e. The molecule has 0 aliphatic heterocycles. The summed E-state index contributed by atoms with van der Waals surface area (Å²) in [6.45, 7) is 21.1. The Balaban J connectivity index is 0.000000171. The number of alkyl halides is 3. The van der Waals surface area contributed by atoms with Gasteiger partial charge in [-0.15, -0.1) is 20.4 Å². The van der Waals surface area contributed by atoms with E-state index < -0.39 is 103 Å². The van der Waals surface area contributed by atoms with Crippen LogP contribution in [0.2, 0.25) is 0 Å². The first-order valence-corrected chi connectivity index (χ1v) is 43.5. The number of alkyl carbamates (subject to hydrolysis) is 2. The molecule has 0 aliphatic rings. The van der Waals surface area contributed by atoms with E-state index in [0.29, 0.717) is 81.4 Å². The van der Waals surface area contributed by atoms with E-state index in [-0.39, 0.29) is 37.3 Å². The lowest BCUT2D eigenvalue weighted by molar-refractivity contribution is -0.260. The highest BCUT2D eigenvalue weighted by molar-refractivity contribution is 7.15. The lowest BCUT2D eigenvalue weighted by Crippen LogP contribution is -2.47. The van der Waals surface area contributed by atoms with Crippen LogP contribution in [0, 0.1) is 11.6 Å². The molecule has 42 nitrogen and oxygen atoms in total. The number of nitrogens with two attached hydrogens (primary N) is 1. The number of hydrogen-bond acceptors (Lipinski definition) is 29. The number of nitrogens with one attached hydrogen (secondary N) is 13. The van der Waals surface area contributed by atoms with Gasteiger partial charge in [0.1, 0.15) is 82.8 Å². The highest BCUT2D eigenvalue weighted by Crippen LogP contribution is 2.35. The van der Waals surface area contributed by atoms with E-state index in [1.807, 2.05) is 51.2 Å². The molecule has 0 spiro atoms. The average molecular weight is 1980 g/mol. The number of aromatic carboxylic acids is 1. The van der Waals surface area contributed by atoms with Crippen LogP contribution in [-0.4, -0.2) is 182 Å². The Kier molecular flexibility index (Phi) is 34.7. The number of hydrazone groups is 1. The molecular formula is C88H90Cl3F2N26O16S2-. The molecule has 1 aromatic carbocycles. The van der Waals surface area contributed by atoms with Crippen molar-refractivity contribution in [3.8, 4) is 21.1 Å². The van der Waals surface area contributed by atoms with Crippen molar-refractivity contribution in [2.45, 2.75) is 129 Å². The monoisotopic (exact) mass is 1970 g/mol. The van der Waals surface area contributed by atoms with Crippen molar-refractivity contribution in [2.75, 3.05) is 6.54 Å². The van der Waals surface area contributed by atoms with Gasteiger partial charge in [0.2, 0.25) is 5.78 Å². The quantitative estimate of drug-likeness (QED) is 0.00862. The summed E-state index contributed by atoms with van der Waals surface area (Å²) in [7, 11) is 0. The van der Waals surface area contributed by atoms with Crippen LogP contribution in [0.1, 0.15) is 150 Å². The van der Waals surface area contributed by atoms with E-state index in [2.05, 4.69) is 134 Å². The van der Waals surface area contributed by atoms with Crippen LogP contribution < -0.4 is 54.2 Å². The van der Waals surface area contributed by atoms with Gasteiger partial charge in [-0.1, -0.05) is 84.3 Å². The summed E-state index contributed by atoms with van der Waals surface area (Å²) in [6, 6.07) is 27.8. The molecule has 15 heterocycles. The number of fused-ring (bicyclic) bond motifs is 6. The lowest BCUT2D eigenvalue weighted by atomic mass is 10.1. The van der Waals surface area contributed by atoms with Gasteiger partial charge >= 0.3 is 24.2 Å². The molecule has 0 atom stereocenters. The number of pyridine rings is 7. The standard InChI is InChI=1S/C23H16F2N6O2S.C15H19N5O4.C15H17N5O2S.C13H16N4O3.C9H5Cl3N2O.C8H6N2O2.C5H12N2O2/c24-17-6-5-13(9-18(17)25)12-31-8-2-4-15(23(31)33)21(32)28-11-19-29-30-22(34-19)16-10-27-20-14(16)3-1-7-26-20;1-15(2,3)24-14(23)18-8-11(21)19-20-13(22)10-7-17-12-9(10)5-4-6-16-12;1-15(2,3)22-14(21)18-8-11-19-20-13(23-11)10-7-17-12-9(10)5-4-6-16-12;1-13(2,3)20-12(19)17-16-11(18)9-7-15-10-8(9)5-4-6-14-10;10-9(11,12)7(15)6-4-14-8-5(6)2-1-3-13-8;11-8(12)6-4-10-7-5(6)2-1-3-9-7;1-5(2,3)9-4(8)7-6/h1-10H,11-12H2,(H,26,27)(H,28,32);4-7H,8H2,1-3H3,(H,16,17)(H,18,23)(H,19,21)(H,20,22);4-7H,8H2,1-3H3,(H,16,17)(H,18,21);4-7H,1-3H3,(H,14,15)(H,16,18)(H,17,19);1-4H,(H,13,14);1-4H,(H,9,10)(H,11,12);6H2,1-3H3,(H,7,8)/p-1. The third-order valence-corrected chi connectivity index (χ3v) is 19.8. The van der Waals surface area contributed by atoms with Crippen LogP contribution in [0.3, 0.4) is 0 Å². The van der Waals surface area contributed by atoms with E-state index in [4.69, 9.17) is 54.1 Å². The second kappa shape index (κ2) is 46.1. The SMILES string of the molecule is CC(C)(C)OC(=O)NCC(=O)NNC(=O)c1c[nH]c2ncccc12.CC(C)(C)OC(=O)NCc1nnc(-c2c[nH]c3ncccc23)s1.CC(C)(C)OC(=O)NNC(=O)c1c[nH]c2ncccc12.CC(C)(C)OC([O-])=NN.O=C(NCc1nnc(-c2c[nH]c3ncccc23)s1)c1cccn(Cc2ccc(F)c(F)c2)c1=O.O=C(O)c1c[nH]c2ncccc12.O=C(c1c[nH]c2ncccc12)C(Cl)(Cl)Cl. The van der Waals surface area contributed by atoms with Gasteiger partial charge in [-0.2, -0.15) is 5.10 Å². The second-order valence-corrected chi connectivity index (χ2v) is 36.8. The normalized spacial score (nSPS) is 11.4. The first kappa shape index (κ1) is 103. The van der Waals surface area contributed by atoms with Gasteiger partial charge in [0.25, 0.3) is 33.0 Å². The van der Waals surface area contributed by atoms with E-state index in [1.54, 1.807) is 160 Å². The Bertz CT molecular complexity index is 7080. The number of halogens is 5. The molecule has 49 heteroatoms. The fraction of sp³-hybridized carbons (Fsp3) is 0.239. The van der Waals surface area contributed by atoms with E-state index in [1.165, 1.54) is 70.4 Å². The molecule has 0 saturated carbocycles. The topological polar surface area (TPSA) is 602 Å². The Morgan fingerprint density at radius 2 is 0.839 bits per heavy atom. The third-order valence-electron chi connectivity index (χ3n) is 17.4. The minimum absolute atomic E-state index is 0.00358. The van der Waals surface area contributed by atoms with Crippen molar-refractivity contribution in [3.63, 3.8) is 0 Å². The molecular weight excluding hydrogens is 1890 g/mol. The van der Waals surface area contributed by atoms with Crippen molar-refractivity contribution in [1.29, 1.82) is 0 Å². The molecule has 716 valence electrons. The van der Waals surface area contributed by atoms with Gasteiger partial charge < -0.3 is 85.4 Å². The maximum absolute atomic E-state index is 13.5. The fourth-order valence-corrected chi connectivity index (χ4v) is 13.6. The van der Waals surface area contributed by atoms with Crippen molar-refractivity contribution < 1.29 is 81.1 Å². The van der Waals surface area contributed by atoms with Gasteiger partial charge in [-0.3, -0.25) is 45.0 Å². The molecule has 0 fully saturated rings. The van der Waals surface area contributed by atoms with Crippen molar-refractivity contribution in [2.24, 2.45) is 10.9 Å². The fourth-order valence-electron chi connectivity index (χ4n) is 11.7. The molecule has 0 unspecified atom stereocenters. The van der Waals surface area contributed by atoms with Crippen LogP contribution in [0.15, 0.2) is 194 Å². The number of hydrazine groups is 2. The second-order valence-electron chi connectivity index (χ2n) is 32.4. The van der Waals surface area contributed by atoms with E-state index in [0.717, 1.165) is 50.3 Å². The Morgan fingerprint density at radius 3 is 1.26 bits per heavy atom. The van der Waals surface area contributed by atoms with Crippen molar-refractivity contribution in [1.82, 2.24) is 122 Å². The molecule has 0 radical (unpaired) electrons. The number of hydrogen-bond donors (Lipinski definition) is 15. The predicted octanol–water partition coefficient (Wildman–Crippen LogP) is 13.0. The van der Waals surface area contributed by atoms with Crippen LogP contribution in [0.5, 0.6) is 0 Å². The number of carboxylic acid groups (broad SMARTS) is 1. The number of rotatable bonds is 15. The predicted molar refractivity (Wildman–Crippen MR) is 505 cm³/mol. The number of aromatic nitrogens is 17. The number of carbonyl (C=O) groups excluding carboxylic acids is 8. The van der Waals surface area contributed by atoms with Crippen LogP contribution >= 0.6 is 57.5 Å². The molecule has 15 aromatic heterocycles.